The Hall–Kier alpha value is -0.890. The molecule has 0 fully saturated rings. The van der Waals surface area contributed by atoms with Gasteiger partial charge in [0.2, 0.25) is 0 Å². The number of nitrogen functional groups attached to an aromatic ring is 1. The number of hydrogen-bond acceptors (Lipinski definition) is 2. The van der Waals surface area contributed by atoms with E-state index >= 15 is 0 Å². The molecule has 0 unspecified atom stereocenters. The van der Waals surface area contributed by atoms with Gasteiger partial charge in [-0.2, -0.15) is 0 Å². The third kappa shape index (κ3) is 2.81. The van der Waals surface area contributed by atoms with E-state index in [0.717, 1.165) is 5.56 Å². The van der Waals surface area contributed by atoms with Crippen LogP contribution < -0.4 is 10.5 Å². The van der Waals surface area contributed by atoms with Gasteiger partial charge in [-0.3, -0.25) is 0 Å². The summed E-state index contributed by atoms with van der Waals surface area (Å²) in [4.78, 5) is 0. The van der Waals surface area contributed by atoms with Crippen molar-refractivity contribution >= 4 is 17.3 Å². The minimum Gasteiger partial charge on any atom is -0.492 e. The molecule has 0 saturated carbocycles. The highest BCUT2D eigenvalue weighted by molar-refractivity contribution is 6.32. The Kier molecular flexibility index (Phi) is 3.64. The Morgan fingerprint density at radius 3 is 2.64 bits per heavy atom. The number of halogens is 1. The molecule has 0 bridgehead atoms. The highest BCUT2D eigenvalue weighted by Crippen LogP contribution is 2.29. The van der Waals surface area contributed by atoms with Gasteiger partial charge < -0.3 is 10.5 Å². The first kappa shape index (κ1) is 11.2. The van der Waals surface area contributed by atoms with Gasteiger partial charge in [0.05, 0.1) is 11.6 Å². The summed E-state index contributed by atoms with van der Waals surface area (Å²) < 4.78 is 5.55. The number of anilines is 1. The van der Waals surface area contributed by atoms with Crippen molar-refractivity contribution in [1.82, 2.24) is 0 Å². The van der Waals surface area contributed by atoms with E-state index in [-0.39, 0.29) is 0 Å². The van der Waals surface area contributed by atoms with Crippen molar-refractivity contribution in [2.75, 3.05) is 12.3 Å². The average molecular weight is 214 g/mol. The number of aryl methyl sites for hydroxylation is 1. The topological polar surface area (TPSA) is 35.2 Å². The Balaban J connectivity index is 2.82. The second kappa shape index (κ2) is 4.56. The molecule has 1 aromatic carbocycles. The molecule has 0 aliphatic rings. The van der Waals surface area contributed by atoms with Gasteiger partial charge >= 0.3 is 0 Å². The van der Waals surface area contributed by atoms with Gasteiger partial charge in [-0.05, 0) is 30.5 Å². The van der Waals surface area contributed by atoms with Gasteiger partial charge in [0.15, 0.2) is 0 Å². The highest BCUT2D eigenvalue weighted by Gasteiger charge is 2.05. The summed E-state index contributed by atoms with van der Waals surface area (Å²) >= 11 is 5.98. The van der Waals surface area contributed by atoms with E-state index in [4.69, 9.17) is 22.1 Å². The Morgan fingerprint density at radius 2 is 2.07 bits per heavy atom. The summed E-state index contributed by atoms with van der Waals surface area (Å²) in [6, 6.07) is 3.60. The summed E-state index contributed by atoms with van der Waals surface area (Å²) in [5, 5.41) is 0.578. The summed E-state index contributed by atoms with van der Waals surface area (Å²) in [6.45, 7) is 6.80. The Bertz CT molecular complexity index is 323. The van der Waals surface area contributed by atoms with Crippen LogP contribution >= 0.6 is 11.6 Å². The SMILES string of the molecule is Cc1cc(OCC(C)C)c(Cl)cc1N. The molecule has 78 valence electrons. The number of benzene rings is 1. The maximum atomic E-state index is 5.98. The predicted octanol–water partition coefficient (Wildman–Crippen LogP) is 3.27. The molecule has 0 heterocycles. The van der Waals surface area contributed by atoms with Crippen molar-refractivity contribution in [1.29, 1.82) is 0 Å². The van der Waals surface area contributed by atoms with Crippen molar-refractivity contribution in [2.45, 2.75) is 20.8 Å². The monoisotopic (exact) mass is 213 g/mol. The fourth-order valence-electron chi connectivity index (χ4n) is 1.04. The van der Waals surface area contributed by atoms with E-state index in [2.05, 4.69) is 13.8 Å². The first-order valence-electron chi connectivity index (χ1n) is 4.69. The van der Waals surface area contributed by atoms with Gasteiger partial charge in [0.25, 0.3) is 0 Å². The van der Waals surface area contributed by atoms with Crippen molar-refractivity contribution < 1.29 is 4.74 Å². The lowest BCUT2D eigenvalue weighted by Gasteiger charge is -2.11. The molecule has 3 heteroatoms. The van der Waals surface area contributed by atoms with Gasteiger partial charge in [-0.25, -0.2) is 0 Å². The minimum absolute atomic E-state index is 0.490. The molecule has 1 aromatic rings. The van der Waals surface area contributed by atoms with Crippen molar-refractivity contribution in [3.05, 3.63) is 22.7 Å². The van der Waals surface area contributed by atoms with Crippen molar-refractivity contribution in [2.24, 2.45) is 5.92 Å². The number of hydrogen-bond donors (Lipinski definition) is 1. The van der Waals surface area contributed by atoms with Crippen LogP contribution in [-0.2, 0) is 0 Å². The maximum absolute atomic E-state index is 5.98. The fourth-order valence-corrected chi connectivity index (χ4v) is 1.26. The molecule has 0 spiro atoms. The minimum atomic E-state index is 0.490. The molecule has 2 N–H and O–H groups in total. The largest absolute Gasteiger partial charge is 0.492 e. The molecule has 0 aliphatic heterocycles. The summed E-state index contributed by atoms with van der Waals surface area (Å²) in [7, 11) is 0. The zero-order valence-electron chi connectivity index (χ0n) is 8.80. The van der Waals surface area contributed by atoms with E-state index < -0.39 is 0 Å². The molecule has 0 atom stereocenters. The van der Waals surface area contributed by atoms with Crippen LogP contribution in [0.15, 0.2) is 12.1 Å². The molecule has 0 radical (unpaired) electrons. The molecule has 0 aromatic heterocycles. The molecular weight excluding hydrogens is 198 g/mol. The van der Waals surface area contributed by atoms with Gasteiger partial charge in [-0.15, -0.1) is 0 Å². The first-order chi connectivity index (χ1) is 6.50. The van der Waals surface area contributed by atoms with Crippen LogP contribution in [0.3, 0.4) is 0 Å². The van der Waals surface area contributed by atoms with Crippen LogP contribution in [0.2, 0.25) is 5.02 Å². The molecule has 1 rings (SSSR count). The quantitative estimate of drug-likeness (QED) is 0.783. The normalized spacial score (nSPS) is 10.6. The third-order valence-corrected chi connectivity index (χ3v) is 2.19. The zero-order valence-corrected chi connectivity index (χ0v) is 9.56. The Morgan fingerprint density at radius 1 is 1.43 bits per heavy atom. The number of ether oxygens (including phenoxy) is 1. The van der Waals surface area contributed by atoms with Crippen molar-refractivity contribution in [3.63, 3.8) is 0 Å². The molecule has 0 saturated heterocycles. The first-order valence-corrected chi connectivity index (χ1v) is 5.07. The van der Waals surface area contributed by atoms with E-state index in [9.17, 15) is 0 Å². The Labute approximate surface area is 90.0 Å². The van der Waals surface area contributed by atoms with E-state index in [0.29, 0.717) is 29.0 Å². The lowest BCUT2D eigenvalue weighted by atomic mass is 10.2. The maximum Gasteiger partial charge on any atom is 0.138 e. The summed E-state index contributed by atoms with van der Waals surface area (Å²) in [6.07, 6.45) is 0. The standard InChI is InChI=1S/C11H16ClNO/c1-7(2)6-14-11-4-8(3)10(13)5-9(11)12/h4-5,7H,6,13H2,1-3H3. The van der Waals surface area contributed by atoms with Crippen LogP contribution in [0.5, 0.6) is 5.75 Å². The molecule has 2 nitrogen and oxygen atoms in total. The third-order valence-electron chi connectivity index (χ3n) is 1.89. The van der Waals surface area contributed by atoms with Crippen LogP contribution in [0, 0.1) is 12.8 Å². The number of nitrogens with two attached hydrogens (primary N) is 1. The highest BCUT2D eigenvalue weighted by atomic mass is 35.5. The van der Waals surface area contributed by atoms with Crippen LogP contribution in [-0.4, -0.2) is 6.61 Å². The molecule has 0 aliphatic carbocycles. The fraction of sp³-hybridized carbons (Fsp3) is 0.455. The number of rotatable bonds is 3. The average Bonchev–Trinajstić information content (AvgIpc) is 2.09. The lowest BCUT2D eigenvalue weighted by molar-refractivity contribution is 0.271. The molecular formula is C11H16ClNO. The molecule has 14 heavy (non-hydrogen) atoms. The van der Waals surface area contributed by atoms with Gasteiger partial charge in [0.1, 0.15) is 5.75 Å². The lowest BCUT2D eigenvalue weighted by Crippen LogP contribution is -2.05. The van der Waals surface area contributed by atoms with Crippen molar-refractivity contribution in [3.8, 4) is 5.75 Å². The second-order valence-corrected chi connectivity index (χ2v) is 4.25. The van der Waals surface area contributed by atoms with Crippen LogP contribution in [0.4, 0.5) is 5.69 Å². The van der Waals surface area contributed by atoms with E-state index in [1.165, 1.54) is 0 Å². The molecule has 0 amide bonds. The van der Waals surface area contributed by atoms with E-state index in [1.54, 1.807) is 6.07 Å². The smallest absolute Gasteiger partial charge is 0.138 e. The van der Waals surface area contributed by atoms with E-state index in [1.807, 2.05) is 13.0 Å². The van der Waals surface area contributed by atoms with Gasteiger partial charge in [-0.1, -0.05) is 25.4 Å². The van der Waals surface area contributed by atoms with Gasteiger partial charge in [0, 0.05) is 5.69 Å². The van der Waals surface area contributed by atoms with Crippen LogP contribution in [0.25, 0.3) is 0 Å². The van der Waals surface area contributed by atoms with Crippen LogP contribution in [0.1, 0.15) is 19.4 Å². The zero-order chi connectivity index (χ0) is 10.7. The summed E-state index contributed by atoms with van der Waals surface area (Å²) in [5.74, 6) is 1.20. The summed E-state index contributed by atoms with van der Waals surface area (Å²) in [5.41, 5.74) is 7.40. The predicted molar refractivity (Wildman–Crippen MR) is 60.9 cm³/mol. The second-order valence-electron chi connectivity index (χ2n) is 3.84.